The van der Waals surface area contributed by atoms with Crippen molar-refractivity contribution in [1.29, 1.82) is 0 Å². The van der Waals surface area contributed by atoms with Crippen LogP contribution in [0.3, 0.4) is 0 Å². The summed E-state index contributed by atoms with van der Waals surface area (Å²) in [5.74, 6) is -2.16. The van der Waals surface area contributed by atoms with E-state index in [4.69, 9.17) is 23.2 Å². The summed E-state index contributed by atoms with van der Waals surface area (Å²) in [5, 5.41) is 6.63. The van der Waals surface area contributed by atoms with Gasteiger partial charge in [0, 0.05) is 21.9 Å². The molecular formula is C25H26Cl2F3N3O3. The molecule has 6 nitrogen and oxygen atoms in total. The van der Waals surface area contributed by atoms with Crippen molar-refractivity contribution in [2.45, 2.75) is 44.6 Å². The zero-order valence-electron chi connectivity index (χ0n) is 19.6. The molecule has 2 N–H and O–H groups in total. The molecule has 1 heterocycles. The van der Waals surface area contributed by atoms with E-state index in [9.17, 15) is 27.6 Å². The minimum Gasteiger partial charge on any atom is -0.378 e. The largest absolute Gasteiger partial charge is 0.405 e. The monoisotopic (exact) mass is 543 g/mol. The number of hydrogen-bond acceptors (Lipinski definition) is 5. The smallest absolute Gasteiger partial charge is 0.378 e. The number of carbonyl (C=O) groups is 3. The number of rotatable bonds is 8. The van der Waals surface area contributed by atoms with Crippen LogP contribution in [-0.4, -0.2) is 49.3 Å². The van der Waals surface area contributed by atoms with E-state index in [1.807, 2.05) is 0 Å². The minimum atomic E-state index is -4.60. The highest BCUT2D eigenvalue weighted by Crippen LogP contribution is 2.38. The van der Waals surface area contributed by atoms with Crippen LogP contribution in [0.1, 0.15) is 19.4 Å². The number of para-hydroxylation sites is 2. The van der Waals surface area contributed by atoms with Crippen LogP contribution < -0.4 is 15.5 Å². The van der Waals surface area contributed by atoms with Crippen molar-refractivity contribution in [2.75, 3.05) is 16.8 Å². The molecule has 3 rings (SSSR count). The van der Waals surface area contributed by atoms with Gasteiger partial charge in [-0.1, -0.05) is 49.2 Å². The van der Waals surface area contributed by atoms with Crippen LogP contribution in [-0.2, 0) is 20.8 Å². The summed E-state index contributed by atoms with van der Waals surface area (Å²) in [6.45, 7) is 1.74. The van der Waals surface area contributed by atoms with Crippen LogP contribution in [0.4, 0.5) is 24.5 Å². The molecule has 1 amide bonds. The second-order valence-electron chi connectivity index (χ2n) is 8.96. The molecule has 2 aromatic carbocycles. The highest BCUT2D eigenvalue weighted by molar-refractivity contribution is 6.34. The molecule has 0 aromatic heterocycles. The van der Waals surface area contributed by atoms with Crippen LogP contribution >= 0.6 is 23.2 Å². The van der Waals surface area contributed by atoms with Crippen molar-refractivity contribution in [1.82, 2.24) is 5.32 Å². The van der Waals surface area contributed by atoms with Gasteiger partial charge >= 0.3 is 6.18 Å². The van der Waals surface area contributed by atoms with Gasteiger partial charge in [-0.3, -0.25) is 4.79 Å². The van der Waals surface area contributed by atoms with E-state index in [0.717, 1.165) is 4.90 Å². The molecule has 11 heteroatoms. The quantitative estimate of drug-likeness (QED) is 0.462. The molecule has 36 heavy (non-hydrogen) atoms. The number of nitrogens with zero attached hydrogens (tertiary/aromatic N) is 1. The number of carbonyl (C=O) groups excluding carboxylic acids is 3. The van der Waals surface area contributed by atoms with Crippen molar-refractivity contribution in [3.8, 4) is 0 Å². The van der Waals surface area contributed by atoms with E-state index >= 15 is 0 Å². The van der Waals surface area contributed by atoms with Crippen LogP contribution in [0, 0.1) is 11.8 Å². The fourth-order valence-electron chi connectivity index (χ4n) is 4.61. The first-order chi connectivity index (χ1) is 16.9. The second-order valence-corrected chi connectivity index (χ2v) is 9.83. The lowest BCUT2D eigenvalue weighted by Crippen LogP contribution is -2.63. The normalized spacial score (nSPS) is 21.4. The van der Waals surface area contributed by atoms with E-state index in [1.165, 1.54) is 19.1 Å². The minimum absolute atomic E-state index is 0.159. The lowest BCUT2D eigenvalue weighted by molar-refractivity contribution is -0.125. The summed E-state index contributed by atoms with van der Waals surface area (Å²) in [6, 6.07) is 8.02. The number of nitrogens with one attached hydrogen (secondary N) is 2. The summed E-state index contributed by atoms with van der Waals surface area (Å²) in [4.78, 5) is 38.0. The number of halogens is 5. The Hall–Kier alpha value is -2.78. The lowest BCUT2D eigenvalue weighted by Gasteiger charge is -2.42. The van der Waals surface area contributed by atoms with E-state index < -0.39 is 48.6 Å². The van der Waals surface area contributed by atoms with Gasteiger partial charge in [-0.15, -0.1) is 0 Å². The van der Waals surface area contributed by atoms with E-state index in [-0.39, 0.29) is 12.1 Å². The average molecular weight is 544 g/mol. The lowest BCUT2D eigenvalue weighted by atomic mass is 9.84. The Labute approximate surface area is 217 Å². The highest BCUT2D eigenvalue weighted by Gasteiger charge is 2.46. The topological polar surface area (TPSA) is 78.5 Å². The molecule has 0 bridgehead atoms. The molecule has 0 spiro atoms. The van der Waals surface area contributed by atoms with Crippen molar-refractivity contribution in [3.63, 3.8) is 0 Å². The molecule has 5 unspecified atom stereocenters. The molecule has 0 saturated heterocycles. The number of aldehydes is 2. The third kappa shape index (κ3) is 6.70. The summed E-state index contributed by atoms with van der Waals surface area (Å²) in [7, 11) is 0. The maximum Gasteiger partial charge on any atom is 0.405 e. The summed E-state index contributed by atoms with van der Waals surface area (Å²) in [5.41, 5.74) is 1.08. The van der Waals surface area contributed by atoms with Gasteiger partial charge in [-0.2, -0.15) is 13.2 Å². The predicted octanol–water partition coefficient (Wildman–Crippen LogP) is 4.92. The number of anilines is 2. The predicted molar refractivity (Wildman–Crippen MR) is 134 cm³/mol. The molecular weight excluding hydrogens is 518 g/mol. The van der Waals surface area contributed by atoms with Crippen molar-refractivity contribution in [3.05, 3.63) is 58.1 Å². The zero-order chi connectivity index (χ0) is 26.6. The van der Waals surface area contributed by atoms with Gasteiger partial charge in [0.05, 0.1) is 35.9 Å². The maximum absolute atomic E-state index is 13.8. The van der Waals surface area contributed by atoms with E-state index in [0.29, 0.717) is 33.9 Å². The van der Waals surface area contributed by atoms with Crippen molar-refractivity contribution >= 4 is 53.1 Å². The molecule has 2 aromatic rings. The van der Waals surface area contributed by atoms with Gasteiger partial charge < -0.3 is 25.1 Å². The maximum atomic E-state index is 13.8. The third-order valence-corrected chi connectivity index (χ3v) is 6.59. The van der Waals surface area contributed by atoms with Gasteiger partial charge in [0.25, 0.3) is 0 Å². The first kappa shape index (κ1) is 27.8. The molecule has 194 valence electrons. The van der Waals surface area contributed by atoms with Crippen molar-refractivity contribution < 1.29 is 27.6 Å². The SMILES string of the molecule is CC(C=O)C1Nc2ccccc2N(CC(F)(F)F)C(C(C)C=O)C1NC(=O)Cc1cc(Cl)cc(Cl)c1. The second kappa shape index (κ2) is 11.5. The summed E-state index contributed by atoms with van der Waals surface area (Å²) >= 11 is 12.1. The number of benzene rings is 2. The first-order valence-corrected chi connectivity index (χ1v) is 12.0. The van der Waals surface area contributed by atoms with Gasteiger partial charge in [0.2, 0.25) is 5.91 Å². The molecule has 0 aliphatic carbocycles. The Morgan fingerprint density at radius 2 is 1.69 bits per heavy atom. The molecule has 1 aliphatic rings. The zero-order valence-corrected chi connectivity index (χ0v) is 21.1. The Morgan fingerprint density at radius 1 is 1.08 bits per heavy atom. The first-order valence-electron chi connectivity index (χ1n) is 11.3. The number of amides is 1. The molecule has 0 saturated carbocycles. The van der Waals surface area contributed by atoms with Crippen LogP contribution in [0.5, 0.6) is 0 Å². The Balaban J connectivity index is 2.09. The Bertz CT molecular complexity index is 1100. The molecule has 0 fully saturated rings. The van der Waals surface area contributed by atoms with Gasteiger partial charge in [-0.05, 0) is 35.9 Å². The fraction of sp³-hybridized carbons (Fsp3) is 0.400. The van der Waals surface area contributed by atoms with Crippen LogP contribution in [0.2, 0.25) is 10.0 Å². The van der Waals surface area contributed by atoms with Gasteiger partial charge in [0.1, 0.15) is 19.1 Å². The van der Waals surface area contributed by atoms with E-state index in [1.54, 1.807) is 37.3 Å². The average Bonchev–Trinajstić information content (AvgIpc) is 2.91. The Kier molecular flexibility index (Phi) is 8.89. The summed E-state index contributed by atoms with van der Waals surface area (Å²) < 4.78 is 41.3. The third-order valence-electron chi connectivity index (χ3n) is 6.15. The Morgan fingerprint density at radius 3 is 2.28 bits per heavy atom. The molecule has 0 radical (unpaired) electrons. The summed E-state index contributed by atoms with van der Waals surface area (Å²) in [6.07, 6.45) is -3.54. The van der Waals surface area contributed by atoms with Gasteiger partial charge in [0.15, 0.2) is 0 Å². The van der Waals surface area contributed by atoms with Crippen LogP contribution in [0.25, 0.3) is 0 Å². The molecule has 5 atom stereocenters. The highest BCUT2D eigenvalue weighted by atomic mass is 35.5. The van der Waals surface area contributed by atoms with Gasteiger partial charge in [-0.25, -0.2) is 0 Å². The molecule has 1 aliphatic heterocycles. The number of hydrogen-bond donors (Lipinski definition) is 2. The van der Waals surface area contributed by atoms with E-state index in [2.05, 4.69) is 10.6 Å². The standard InChI is InChI=1S/C25H26Cl2F3N3O3/c1-14(11-34)22-23(32-21(36)9-16-7-17(26)10-18(27)8-16)24(15(2)12-35)33(13-25(28,29)30)20-6-4-3-5-19(20)31-22/h3-8,10-12,14-15,22-24,31H,9,13H2,1-2H3,(H,32,36). The fourth-order valence-corrected chi connectivity index (χ4v) is 5.18. The number of alkyl halides is 3. The van der Waals surface area contributed by atoms with Crippen LogP contribution in [0.15, 0.2) is 42.5 Å². The van der Waals surface area contributed by atoms with Crippen molar-refractivity contribution in [2.24, 2.45) is 11.8 Å². The number of fused-ring (bicyclic) bond motifs is 1.